The van der Waals surface area contributed by atoms with Crippen molar-refractivity contribution >= 4 is 29.3 Å². The summed E-state index contributed by atoms with van der Waals surface area (Å²) in [7, 11) is 0. The number of carbonyl (C=O) groups is 3. The number of benzene rings is 1. The van der Waals surface area contributed by atoms with Gasteiger partial charge in [0.05, 0.1) is 23.2 Å². The minimum atomic E-state index is -0.810. The maximum absolute atomic E-state index is 13.6. The second-order valence-corrected chi connectivity index (χ2v) is 8.34. The molecule has 1 aromatic carbocycles. The van der Waals surface area contributed by atoms with E-state index in [-0.39, 0.29) is 30.5 Å². The van der Waals surface area contributed by atoms with E-state index in [1.54, 1.807) is 58.2 Å². The van der Waals surface area contributed by atoms with Crippen molar-refractivity contribution in [2.24, 2.45) is 0 Å². The van der Waals surface area contributed by atoms with Crippen molar-refractivity contribution in [2.75, 3.05) is 13.2 Å². The first kappa shape index (κ1) is 25.2. The van der Waals surface area contributed by atoms with Gasteiger partial charge in [-0.1, -0.05) is 29.8 Å². The first-order valence-electron chi connectivity index (χ1n) is 11.1. The summed E-state index contributed by atoms with van der Waals surface area (Å²) in [4.78, 5) is 48.3. The molecule has 3 aromatic rings. The highest BCUT2D eigenvalue weighted by molar-refractivity contribution is 6.33. The summed E-state index contributed by atoms with van der Waals surface area (Å²) in [5, 5.41) is 0.314. The summed E-state index contributed by atoms with van der Waals surface area (Å²) in [6, 6.07) is 11.5. The van der Waals surface area contributed by atoms with E-state index in [2.05, 4.69) is 9.97 Å². The van der Waals surface area contributed by atoms with Crippen LogP contribution in [-0.4, -0.2) is 51.7 Å². The highest BCUT2D eigenvalue weighted by atomic mass is 35.5. The number of rotatable bonds is 9. The number of ketones is 1. The van der Waals surface area contributed by atoms with E-state index in [0.29, 0.717) is 33.8 Å². The minimum absolute atomic E-state index is 0.226. The highest BCUT2D eigenvalue weighted by Gasteiger charge is 2.32. The number of nitrogens with one attached hydrogen (secondary N) is 1. The zero-order valence-corrected chi connectivity index (χ0v) is 20.5. The Morgan fingerprint density at radius 3 is 2.47 bits per heavy atom. The largest absolute Gasteiger partial charge is 0.461 e. The summed E-state index contributed by atoms with van der Waals surface area (Å²) >= 11 is 6.30. The van der Waals surface area contributed by atoms with Crippen molar-refractivity contribution in [1.82, 2.24) is 14.9 Å². The first-order valence-corrected chi connectivity index (χ1v) is 11.5. The van der Waals surface area contributed by atoms with E-state index < -0.39 is 12.0 Å². The van der Waals surface area contributed by atoms with Crippen LogP contribution in [0.25, 0.3) is 0 Å². The smallest absolute Gasteiger partial charge is 0.355 e. The number of nitrogens with zero attached hydrogens (tertiary/aromatic N) is 2. The molecule has 2 heterocycles. The van der Waals surface area contributed by atoms with Gasteiger partial charge in [0.2, 0.25) is 0 Å². The van der Waals surface area contributed by atoms with Crippen molar-refractivity contribution < 1.29 is 19.1 Å². The number of aryl methyl sites for hydroxylation is 1. The van der Waals surface area contributed by atoms with Crippen LogP contribution in [0.5, 0.6) is 0 Å². The van der Waals surface area contributed by atoms with Crippen LogP contribution in [0.2, 0.25) is 5.02 Å². The van der Waals surface area contributed by atoms with Crippen LogP contribution in [0.3, 0.4) is 0 Å². The summed E-state index contributed by atoms with van der Waals surface area (Å²) in [6.45, 7) is 7.32. The van der Waals surface area contributed by atoms with Crippen LogP contribution in [0, 0.1) is 13.8 Å². The monoisotopic (exact) mass is 481 g/mol. The van der Waals surface area contributed by atoms with Gasteiger partial charge in [0.25, 0.3) is 5.91 Å². The lowest BCUT2D eigenvalue weighted by atomic mass is 9.99. The van der Waals surface area contributed by atoms with Crippen molar-refractivity contribution in [3.8, 4) is 0 Å². The minimum Gasteiger partial charge on any atom is -0.461 e. The topological polar surface area (TPSA) is 92.4 Å². The summed E-state index contributed by atoms with van der Waals surface area (Å²) < 4.78 is 5.09. The molecule has 0 saturated heterocycles. The number of aromatic amines is 1. The molecule has 0 aliphatic heterocycles. The fourth-order valence-electron chi connectivity index (χ4n) is 3.92. The Morgan fingerprint density at radius 2 is 1.82 bits per heavy atom. The van der Waals surface area contributed by atoms with Gasteiger partial charge < -0.3 is 14.6 Å². The van der Waals surface area contributed by atoms with E-state index in [0.717, 1.165) is 5.69 Å². The molecule has 0 radical (unpaired) electrons. The van der Waals surface area contributed by atoms with Gasteiger partial charge in [-0.15, -0.1) is 0 Å². The molecule has 0 fully saturated rings. The van der Waals surface area contributed by atoms with Crippen LogP contribution in [0.4, 0.5) is 0 Å². The summed E-state index contributed by atoms with van der Waals surface area (Å²) in [6.07, 6.45) is 2.15. The Kier molecular flexibility index (Phi) is 8.23. The van der Waals surface area contributed by atoms with Crippen molar-refractivity contribution in [3.05, 3.63) is 87.5 Å². The number of amides is 1. The lowest BCUT2D eigenvalue weighted by molar-refractivity contribution is 0.0518. The van der Waals surface area contributed by atoms with E-state index in [1.165, 1.54) is 4.90 Å². The van der Waals surface area contributed by atoms with Gasteiger partial charge in [-0.05, 0) is 57.5 Å². The Hall–Kier alpha value is -3.45. The molecule has 0 aliphatic carbocycles. The molecule has 2 aromatic heterocycles. The average molecular weight is 482 g/mol. The van der Waals surface area contributed by atoms with Gasteiger partial charge in [0.1, 0.15) is 5.69 Å². The molecular weight excluding hydrogens is 454 g/mol. The van der Waals surface area contributed by atoms with Crippen LogP contribution >= 0.6 is 11.6 Å². The quantitative estimate of drug-likeness (QED) is 0.349. The van der Waals surface area contributed by atoms with Gasteiger partial charge in [-0.3, -0.25) is 14.6 Å². The fourth-order valence-corrected chi connectivity index (χ4v) is 4.14. The number of hydrogen-bond acceptors (Lipinski definition) is 5. The number of Topliss-reactive ketones (excluding diaryl/α,β-unsaturated/α-hetero) is 1. The van der Waals surface area contributed by atoms with Crippen LogP contribution < -0.4 is 0 Å². The second kappa shape index (κ2) is 11.1. The molecule has 8 heteroatoms. The standard InChI is InChI=1S/C26H28ClN3O4/c1-5-34-26(33)23-16(2)22(17(3)29-23)24(31)18(4)30(15-13-19-10-8-9-14-28-19)25(32)20-11-6-7-12-21(20)27/h6-12,14,18,29H,5,13,15H2,1-4H3/t18-/m0/s1. The van der Waals surface area contributed by atoms with Gasteiger partial charge in [0, 0.05) is 36.1 Å². The molecule has 178 valence electrons. The highest BCUT2D eigenvalue weighted by Crippen LogP contribution is 2.24. The fraction of sp³-hybridized carbons (Fsp3) is 0.308. The summed E-state index contributed by atoms with van der Waals surface area (Å²) in [5.41, 5.74) is 2.80. The normalized spacial score (nSPS) is 11.7. The number of esters is 1. The number of ether oxygens (including phenoxy) is 1. The maximum atomic E-state index is 13.6. The first-order chi connectivity index (χ1) is 16.3. The second-order valence-electron chi connectivity index (χ2n) is 7.94. The van der Waals surface area contributed by atoms with Gasteiger partial charge in [-0.25, -0.2) is 4.79 Å². The Balaban J connectivity index is 1.95. The lowest BCUT2D eigenvalue weighted by Crippen LogP contribution is -2.44. The van der Waals surface area contributed by atoms with Crippen molar-refractivity contribution in [1.29, 1.82) is 0 Å². The number of H-pyrrole nitrogens is 1. The predicted molar refractivity (Wildman–Crippen MR) is 130 cm³/mol. The molecule has 0 spiro atoms. The van der Waals surface area contributed by atoms with E-state index in [9.17, 15) is 14.4 Å². The Bertz CT molecular complexity index is 1190. The van der Waals surface area contributed by atoms with Crippen LogP contribution in [-0.2, 0) is 11.2 Å². The molecule has 1 atom stereocenters. The SMILES string of the molecule is CCOC(=O)c1[nH]c(C)c(C(=O)[C@H](C)N(CCc2ccccn2)C(=O)c2ccccc2Cl)c1C. The van der Waals surface area contributed by atoms with Crippen LogP contribution in [0.15, 0.2) is 48.7 Å². The molecule has 0 unspecified atom stereocenters. The molecule has 0 saturated carbocycles. The molecule has 0 bridgehead atoms. The molecule has 1 amide bonds. The zero-order chi connectivity index (χ0) is 24.8. The lowest BCUT2D eigenvalue weighted by Gasteiger charge is -2.29. The number of hydrogen-bond donors (Lipinski definition) is 1. The van der Waals surface area contributed by atoms with Crippen molar-refractivity contribution in [3.63, 3.8) is 0 Å². The van der Waals surface area contributed by atoms with E-state index in [4.69, 9.17) is 16.3 Å². The van der Waals surface area contributed by atoms with Gasteiger partial charge in [0.15, 0.2) is 5.78 Å². The number of halogens is 1. The third kappa shape index (κ3) is 5.37. The number of carbonyl (C=O) groups excluding carboxylic acids is 3. The molecular formula is C26H28ClN3O4. The Labute approximate surface area is 204 Å². The van der Waals surface area contributed by atoms with Crippen LogP contribution in [0.1, 0.15) is 62.0 Å². The molecule has 34 heavy (non-hydrogen) atoms. The van der Waals surface area contributed by atoms with Gasteiger partial charge in [-0.2, -0.15) is 0 Å². The van der Waals surface area contributed by atoms with E-state index in [1.807, 2.05) is 18.2 Å². The average Bonchev–Trinajstić information content (AvgIpc) is 3.13. The molecule has 3 rings (SSSR count). The molecule has 0 aliphatic rings. The third-order valence-electron chi connectivity index (χ3n) is 5.71. The maximum Gasteiger partial charge on any atom is 0.355 e. The zero-order valence-electron chi connectivity index (χ0n) is 19.7. The number of pyridine rings is 1. The Morgan fingerprint density at radius 1 is 1.12 bits per heavy atom. The van der Waals surface area contributed by atoms with Crippen molar-refractivity contribution in [2.45, 2.75) is 40.2 Å². The number of aromatic nitrogens is 2. The van der Waals surface area contributed by atoms with Gasteiger partial charge >= 0.3 is 5.97 Å². The molecule has 7 nitrogen and oxygen atoms in total. The third-order valence-corrected chi connectivity index (χ3v) is 6.04. The van der Waals surface area contributed by atoms with E-state index >= 15 is 0 Å². The summed E-state index contributed by atoms with van der Waals surface area (Å²) in [5.74, 6) is -1.14. The predicted octanol–water partition coefficient (Wildman–Crippen LogP) is 4.81. The molecule has 1 N–H and O–H groups in total.